The maximum atomic E-state index is 11.2. The van der Waals surface area contributed by atoms with E-state index in [1.54, 1.807) is 6.92 Å². The summed E-state index contributed by atoms with van der Waals surface area (Å²) in [7, 11) is 0. The number of aliphatic hydroxyl groups is 1. The van der Waals surface area contributed by atoms with Gasteiger partial charge < -0.3 is 25.1 Å². The number of piperazine rings is 1. The highest BCUT2D eigenvalue weighted by Crippen LogP contribution is 2.30. The van der Waals surface area contributed by atoms with E-state index in [4.69, 9.17) is 15.3 Å². The molecule has 1 aliphatic rings. The van der Waals surface area contributed by atoms with Gasteiger partial charge in [-0.2, -0.15) is 0 Å². The van der Waals surface area contributed by atoms with Gasteiger partial charge in [-0.25, -0.2) is 14.6 Å². The van der Waals surface area contributed by atoms with E-state index < -0.39 is 12.1 Å². The first-order valence-electron chi connectivity index (χ1n) is 6.02. The Kier molecular flexibility index (Phi) is 4.09. The molecule has 110 valence electrons. The number of carboxylic acids is 1. The van der Waals surface area contributed by atoms with Crippen molar-refractivity contribution in [3.8, 4) is 0 Å². The molecule has 1 amide bonds. The first kappa shape index (κ1) is 14.5. The van der Waals surface area contributed by atoms with Crippen LogP contribution in [0.4, 0.5) is 9.80 Å². The third kappa shape index (κ3) is 2.68. The van der Waals surface area contributed by atoms with E-state index in [9.17, 15) is 9.59 Å². The lowest BCUT2D eigenvalue weighted by Crippen LogP contribution is -2.53. The molecule has 1 atom stereocenters. The summed E-state index contributed by atoms with van der Waals surface area (Å²) in [5.74, 6) is -1.15. The lowest BCUT2D eigenvalue weighted by molar-refractivity contribution is 0.0690. The average molecular weight is 301 g/mol. The van der Waals surface area contributed by atoms with E-state index in [-0.39, 0.29) is 18.3 Å². The lowest BCUT2D eigenvalue weighted by Gasteiger charge is -2.38. The molecular formula is C11H15N3O5S. The Morgan fingerprint density at radius 3 is 2.60 bits per heavy atom. The molecule has 2 heterocycles. The van der Waals surface area contributed by atoms with Gasteiger partial charge in [-0.15, -0.1) is 0 Å². The van der Waals surface area contributed by atoms with Crippen molar-refractivity contribution >= 4 is 28.4 Å². The second-order valence-corrected chi connectivity index (χ2v) is 5.56. The van der Waals surface area contributed by atoms with Crippen LogP contribution >= 0.6 is 11.3 Å². The number of nitrogens with zero attached hydrogens (tertiary/aromatic N) is 3. The molecule has 3 N–H and O–H groups in total. The normalized spacial score (nSPS) is 19.2. The highest BCUT2D eigenvalue weighted by Gasteiger charge is 2.30. The fourth-order valence-electron chi connectivity index (χ4n) is 2.20. The van der Waals surface area contributed by atoms with Crippen LogP contribution in [0.5, 0.6) is 0 Å². The Morgan fingerprint density at radius 1 is 1.40 bits per heavy atom. The number of carboxylic acid groups (broad SMARTS) is 2. The van der Waals surface area contributed by atoms with Crippen LogP contribution in [0.15, 0.2) is 0 Å². The number of thiazole rings is 1. The average Bonchev–Trinajstić information content (AvgIpc) is 2.82. The topological polar surface area (TPSA) is 114 Å². The van der Waals surface area contributed by atoms with Gasteiger partial charge in [0, 0.05) is 25.7 Å². The molecular weight excluding hydrogens is 286 g/mol. The molecule has 1 aliphatic heterocycles. The number of aromatic nitrogens is 1. The summed E-state index contributed by atoms with van der Waals surface area (Å²) >= 11 is 1.12. The molecule has 0 saturated carbocycles. The van der Waals surface area contributed by atoms with Crippen molar-refractivity contribution in [1.82, 2.24) is 9.88 Å². The Morgan fingerprint density at radius 2 is 2.10 bits per heavy atom. The van der Waals surface area contributed by atoms with Gasteiger partial charge >= 0.3 is 12.1 Å². The zero-order valence-electron chi connectivity index (χ0n) is 10.8. The van der Waals surface area contributed by atoms with Gasteiger partial charge in [0.25, 0.3) is 0 Å². The smallest absolute Gasteiger partial charge is 0.407 e. The molecule has 20 heavy (non-hydrogen) atoms. The van der Waals surface area contributed by atoms with Crippen LogP contribution in [0.3, 0.4) is 0 Å². The SMILES string of the molecule is C[C@@H]1CN(c2sc(CO)nc2C(=O)O)CCN1C(=O)O. The summed E-state index contributed by atoms with van der Waals surface area (Å²) in [4.78, 5) is 29.2. The van der Waals surface area contributed by atoms with Gasteiger partial charge in [-0.05, 0) is 6.92 Å². The maximum Gasteiger partial charge on any atom is 0.407 e. The minimum Gasteiger partial charge on any atom is -0.476 e. The Bertz CT molecular complexity index is 532. The van der Waals surface area contributed by atoms with Gasteiger partial charge in [0.15, 0.2) is 5.69 Å². The van der Waals surface area contributed by atoms with Crippen molar-refractivity contribution in [3.05, 3.63) is 10.7 Å². The number of carbonyl (C=O) groups is 2. The molecule has 0 radical (unpaired) electrons. The monoisotopic (exact) mass is 301 g/mol. The van der Waals surface area contributed by atoms with Crippen molar-refractivity contribution in [2.24, 2.45) is 0 Å². The number of aliphatic hydroxyl groups excluding tert-OH is 1. The van der Waals surface area contributed by atoms with E-state index in [0.29, 0.717) is 29.6 Å². The first-order chi connectivity index (χ1) is 9.43. The van der Waals surface area contributed by atoms with Crippen molar-refractivity contribution < 1.29 is 24.9 Å². The summed E-state index contributed by atoms with van der Waals surface area (Å²) in [6, 6.07) is -0.234. The minimum absolute atomic E-state index is 0.0879. The van der Waals surface area contributed by atoms with Gasteiger partial charge in [-0.1, -0.05) is 11.3 Å². The van der Waals surface area contributed by atoms with Gasteiger partial charge in [0.2, 0.25) is 0 Å². The molecule has 2 rings (SSSR count). The van der Waals surface area contributed by atoms with Crippen molar-refractivity contribution in [3.63, 3.8) is 0 Å². The predicted molar refractivity (Wildman–Crippen MR) is 71.4 cm³/mol. The standard InChI is InChI=1S/C11H15N3O5S/c1-6-4-13(2-3-14(6)11(18)19)9-8(10(16)17)12-7(5-15)20-9/h6,15H,2-5H2,1H3,(H,16,17)(H,18,19)/t6-/m1/s1. The number of anilines is 1. The highest BCUT2D eigenvalue weighted by molar-refractivity contribution is 7.16. The number of amides is 1. The quantitative estimate of drug-likeness (QED) is 0.745. The number of hydrogen-bond donors (Lipinski definition) is 3. The van der Waals surface area contributed by atoms with Crippen LogP contribution in [0.25, 0.3) is 0 Å². The fourth-order valence-corrected chi connectivity index (χ4v) is 3.15. The fraction of sp³-hybridized carbons (Fsp3) is 0.545. The molecule has 1 saturated heterocycles. The molecule has 1 aromatic rings. The first-order valence-corrected chi connectivity index (χ1v) is 6.84. The zero-order valence-corrected chi connectivity index (χ0v) is 11.6. The molecule has 1 fully saturated rings. The van der Waals surface area contributed by atoms with Crippen molar-refractivity contribution in [2.45, 2.75) is 19.6 Å². The van der Waals surface area contributed by atoms with Crippen LogP contribution in [0.1, 0.15) is 22.4 Å². The van der Waals surface area contributed by atoms with Gasteiger partial charge in [0.05, 0.1) is 6.61 Å². The minimum atomic E-state index is -1.15. The van der Waals surface area contributed by atoms with Crippen LogP contribution in [-0.2, 0) is 6.61 Å². The van der Waals surface area contributed by atoms with E-state index in [2.05, 4.69) is 4.98 Å². The molecule has 0 aliphatic carbocycles. The second kappa shape index (κ2) is 5.63. The Labute approximate surface area is 118 Å². The molecule has 9 heteroatoms. The Balaban J connectivity index is 2.23. The van der Waals surface area contributed by atoms with Crippen LogP contribution in [0, 0.1) is 0 Å². The summed E-state index contributed by atoms with van der Waals surface area (Å²) in [5, 5.41) is 28.0. The lowest BCUT2D eigenvalue weighted by atomic mass is 10.2. The molecule has 0 unspecified atom stereocenters. The summed E-state index contributed by atoms with van der Waals surface area (Å²) in [5.41, 5.74) is -0.0879. The van der Waals surface area contributed by atoms with Crippen molar-refractivity contribution in [2.75, 3.05) is 24.5 Å². The molecule has 0 spiro atoms. The van der Waals surface area contributed by atoms with Crippen LogP contribution in [0.2, 0.25) is 0 Å². The van der Waals surface area contributed by atoms with E-state index >= 15 is 0 Å². The number of aromatic carboxylic acids is 1. The third-order valence-corrected chi connectivity index (χ3v) is 4.25. The number of rotatable bonds is 3. The van der Waals surface area contributed by atoms with E-state index in [1.807, 2.05) is 4.90 Å². The second-order valence-electron chi connectivity index (χ2n) is 4.50. The molecule has 0 aromatic carbocycles. The van der Waals surface area contributed by atoms with Crippen LogP contribution in [-0.4, -0.2) is 62.9 Å². The largest absolute Gasteiger partial charge is 0.476 e. The Hall–Kier alpha value is -1.87. The van der Waals surface area contributed by atoms with Gasteiger partial charge in [0.1, 0.15) is 10.0 Å². The van der Waals surface area contributed by atoms with Crippen LogP contribution < -0.4 is 4.90 Å². The number of hydrogen-bond acceptors (Lipinski definition) is 6. The maximum absolute atomic E-state index is 11.2. The molecule has 0 bridgehead atoms. The molecule has 1 aromatic heterocycles. The molecule has 8 nitrogen and oxygen atoms in total. The van der Waals surface area contributed by atoms with E-state index in [0.717, 1.165) is 11.3 Å². The zero-order chi connectivity index (χ0) is 14.9. The van der Waals surface area contributed by atoms with Crippen molar-refractivity contribution in [1.29, 1.82) is 0 Å². The van der Waals surface area contributed by atoms with E-state index in [1.165, 1.54) is 4.90 Å². The van der Waals surface area contributed by atoms with Gasteiger partial charge in [-0.3, -0.25) is 0 Å². The summed E-state index contributed by atoms with van der Waals surface area (Å²) in [6.07, 6.45) is -0.976. The summed E-state index contributed by atoms with van der Waals surface area (Å²) < 4.78 is 0. The third-order valence-electron chi connectivity index (χ3n) is 3.15. The highest BCUT2D eigenvalue weighted by atomic mass is 32.1. The predicted octanol–water partition coefficient (Wildman–Crippen LogP) is 0.522. The summed E-state index contributed by atoms with van der Waals surface area (Å²) in [6.45, 7) is 2.58.